The minimum absolute atomic E-state index is 0.156. The van der Waals surface area contributed by atoms with Gasteiger partial charge in [0.2, 0.25) is 5.95 Å². The number of nitrogens with zero attached hydrogens (tertiary/aromatic N) is 3. The van der Waals surface area contributed by atoms with Gasteiger partial charge in [-0.2, -0.15) is 4.98 Å². The van der Waals surface area contributed by atoms with Crippen molar-refractivity contribution >= 4 is 29.1 Å². The van der Waals surface area contributed by atoms with Crippen LogP contribution in [0.5, 0.6) is 0 Å². The minimum atomic E-state index is -0.226. The van der Waals surface area contributed by atoms with Gasteiger partial charge in [-0.15, -0.1) is 0 Å². The van der Waals surface area contributed by atoms with Crippen molar-refractivity contribution in [2.45, 2.75) is 45.4 Å². The Balaban J connectivity index is 1.43. The number of rotatable bonds is 5. The smallest absolute Gasteiger partial charge is 0.231 e. The monoisotopic (exact) mass is 471 g/mol. The molecule has 178 valence electrons. The van der Waals surface area contributed by atoms with Crippen LogP contribution in [0, 0.1) is 24.6 Å². The molecule has 4 rings (SSSR count). The quantitative estimate of drug-likeness (QED) is 0.625. The third kappa shape index (κ3) is 5.98. The number of hydrogen-bond acceptors (Lipinski definition) is 5. The van der Waals surface area contributed by atoms with Crippen molar-refractivity contribution in [1.82, 2.24) is 15.3 Å². The van der Waals surface area contributed by atoms with E-state index in [0.717, 1.165) is 43.0 Å². The fourth-order valence-corrected chi connectivity index (χ4v) is 5.31. The predicted molar refractivity (Wildman–Crippen MR) is 134 cm³/mol. The summed E-state index contributed by atoms with van der Waals surface area (Å²) in [6.07, 6.45) is 2.95. The lowest BCUT2D eigenvalue weighted by atomic mass is 9.74. The third-order valence-electron chi connectivity index (χ3n) is 6.75. The number of halogens is 1. The molecule has 0 amide bonds. The zero-order valence-corrected chi connectivity index (χ0v) is 20.6. The van der Waals surface area contributed by atoms with Crippen LogP contribution in [0.1, 0.15) is 44.4 Å². The molecule has 2 saturated heterocycles. The van der Waals surface area contributed by atoms with Gasteiger partial charge < -0.3 is 20.3 Å². The molecule has 0 saturated carbocycles. The van der Waals surface area contributed by atoms with Gasteiger partial charge in [-0.25, -0.2) is 9.37 Å². The molecule has 2 aliphatic heterocycles. The second-order valence-corrected chi connectivity index (χ2v) is 10.2. The molecular weight excluding hydrogens is 437 g/mol. The van der Waals surface area contributed by atoms with Crippen LogP contribution >= 0.6 is 12.2 Å². The number of nitrogens with one attached hydrogen (secondary N) is 2. The summed E-state index contributed by atoms with van der Waals surface area (Å²) in [6.45, 7) is 10.6. The van der Waals surface area contributed by atoms with Gasteiger partial charge in [0.1, 0.15) is 11.6 Å². The Kier molecular flexibility index (Phi) is 7.44. The van der Waals surface area contributed by atoms with Crippen LogP contribution in [0.4, 0.5) is 16.2 Å². The first kappa shape index (κ1) is 23.8. The van der Waals surface area contributed by atoms with Crippen LogP contribution in [-0.4, -0.2) is 47.9 Å². The van der Waals surface area contributed by atoms with E-state index in [1.165, 1.54) is 18.6 Å². The van der Waals surface area contributed by atoms with Gasteiger partial charge in [0.15, 0.2) is 5.11 Å². The summed E-state index contributed by atoms with van der Waals surface area (Å²) < 4.78 is 19.1. The molecule has 2 aliphatic rings. The van der Waals surface area contributed by atoms with Gasteiger partial charge in [0.25, 0.3) is 0 Å². The van der Waals surface area contributed by atoms with Crippen LogP contribution < -0.4 is 15.5 Å². The van der Waals surface area contributed by atoms with Gasteiger partial charge >= 0.3 is 0 Å². The van der Waals surface area contributed by atoms with Crippen LogP contribution in [0.2, 0.25) is 0 Å². The maximum Gasteiger partial charge on any atom is 0.231 e. The molecule has 2 N–H and O–H groups in total. The Labute approximate surface area is 201 Å². The highest BCUT2D eigenvalue weighted by atomic mass is 32.1. The standard InChI is InChI=1S/C25H34FN5OS/c1-17-12-18(2)15-31(14-17)22-13-19(3)28-23(29-22)30-24(33)27-16-25(8-10-32-11-9-25)20-4-6-21(26)7-5-20/h4-7,13,17-18H,8-12,14-16H2,1-3H3,(H2,27,28,29,30,33)/t17-,18+. The molecule has 0 radical (unpaired) electrons. The lowest BCUT2D eigenvalue weighted by Crippen LogP contribution is -2.45. The molecule has 2 fully saturated rings. The summed E-state index contributed by atoms with van der Waals surface area (Å²) in [5, 5.41) is 7.03. The molecule has 6 nitrogen and oxygen atoms in total. The lowest BCUT2D eigenvalue weighted by molar-refractivity contribution is 0.0515. The predicted octanol–water partition coefficient (Wildman–Crippen LogP) is 4.44. The Morgan fingerprint density at radius 3 is 2.48 bits per heavy atom. The van der Waals surface area contributed by atoms with Gasteiger partial charge in [-0.1, -0.05) is 26.0 Å². The maximum atomic E-state index is 13.5. The van der Waals surface area contributed by atoms with Crippen molar-refractivity contribution in [2.24, 2.45) is 11.8 Å². The van der Waals surface area contributed by atoms with Crippen LogP contribution in [-0.2, 0) is 10.2 Å². The number of anilines is 2. The van der Waals surface area contributed by atoms with Crippen LogP contribution in [0.3, 0.4) is 0 Å². The highest BCUT2D eigenvalue weighted by Crippen LogP contribution is 2.34. The molecule has 0 spiro atoms. The summed E-state index contributed by atoms with van der Waals surface area (Å²) >= 11 is 5.60. The first-order valence-electron chi connectivity index (χ1n) is 11.8. The van der Waals surface area contributed by atoms with Gasteiger partial charge in [-0.3, -0.25) is 0 Å². The third-order valence-corrected chi connectivity index (χ3v) is 7.00. The van der Waals surface area contributed by atoms with Crippen molar-refractivity contribution in [3.8, 4) is 0 Å². The Bertz CT molecular complexity index is 954. The van der Waals surface area contributed by atoms with Crippen molar-refractivity contribution in [3.05, 3.63) is 47.4 Å². The zero-order valence-electron chi connectivity index (χ0n) is 19.7. The van der Waals surface area contributed by atoms with Gasteiger partial charge in [0.05, 0.1) is 0 Å². The average molecular weight is 472 g/mol. The molecule has 8 heteroatoms. The highest BCUT2D eigenvalue weighted by molar-refractivity contribution is 7.80. The molecule has 0 unspecified atom stereocenters. The van der Waals surface area contributed by atoms with E-state index in [2.05, 4.69) is 34.4 Å². The van der Waals surface area contributed by atoms with E-state index >= 15 is 0 Å². The first-order valence-corrected chi connectivity index (χ1v) is 12.2. The summed E-state index contributed by atoms with van der Waals surface area (Å²) in [5.74, 6) is 2.51. The molecule has 1 aromatic heterocycles. The average Bonchev–Trinajstić information content (AvgIpc) is 2.78. The minimum Gasteiger partial charge on any atom is -0.381 e. The SMILES string of the molecule is Cc1cc(N2C[C@H](C)C[C@H](C)C2)nc(NC(=S)NCC2(c3ccc(F)cc3)CCOCC2)n1. The molecule has 3 heterocycles. The normalized spacial score (nSPS) is 22.6. The van der Waals surface area contributed by atoms with Crippen molar-refractivity contribution in [1.29, 1.82) is 0 Å². The topological polar surface area (TPSA) is 62.3 Å². The Hall–Kier alpha value is -2.32. The van der Waals surface area contributed by atoms with Crippen LogP contribution in [0.15, 0.2) is 30.3 Å². The number of benzene rings is 1. The summed E-state index contributed by atoms with van der Waals surface area (Å²) in [5.41, 5.74) is 1.85. The molecule has 0 bridgehead atoms. The Morgan fingerprint density at radius 1 is 1.15 bits per heavy atom. The summed E-state index contributed by atoms with van der Waals surface area (Å²) in [4.78, 5) is 11.7. The number of ether oxygens (including phenoxy) is 1. The number of thiocarbonyl (C=S) groups is 1. The lowest BCUT2D eigenvalue weighted by Gasteiger charge is -2.38. The van der Waals surface area contributed by atoms with E-state index < -0.39 is 0 Å². The van der Waals surface area contributed by atoms with Gasteiger partial charge in [-0.05, 0) is 67.9 Å². The van der Waals surface area contributed by atoms with E-state index in [4.69, 9.17) is 21.9 Å². The largest absolute Gasteiger partial charge is 0.381 e. The maximum absolute atomic E-state index is 13.5. The molecule has 2 aromatic rings. The molecule has 33 heavy (non-hydrogen) atoms. The fraction of sp³-hybridized carbons (Fsp3) is 0.560. The molecule has 0 aliphatic carbocycles. The van der Waals surface area contributed by atoms with Crippen molar-refractivity contribution in [2.75, 3.05) is 43.1 Å². The number of aryl methyl sites for hydroxylation is 1. The van der Waals surface area contributed by atoms with E-state index in [9.17, 15) is 4.39 Å². The second-order valence-electron chi connectivity index (χ2n) is 9.75. The van der Waals surface area contributed by atoms with Crippen molar-refractivity contribution in [3.63, 3.8) is 0 Å². The zero-order chi connectivity index (χ0) is 23.4. The number of aromatic nitrogens is 2. The first-order chi connectivity index (χ1) is 15.8. The Morgan fingerprint density at radius 2 is 1.82 bits per heavy atom. The summed E-state index contributed by atoms with van der Waals surface area (Å²) in [7, 11) is 0. The molecule has 1 aromatic carbocycles. The van der Waals surface area contributed by atoms with E-state index in [0.29, 0.717) is 42.7 Å². The fourth-order valence-electron chi connectivity index (χ4n) is 5.15. The molecular formula is C25H34FN5OS. The number of hydrogen-bond donors (Lipinski definition) is 2. The number of piperidine rings is 1. The van der Waals surface area contributed by atoms with E-state index in [1.807, 2.05) is 25.1 Å². The summed E-state index contributed by atoms with van der Waals surface area (Å²) in [6, 6.07) is 8.82. The highest BCUT2D eigenvalue weighted by Gasteiger charge is 2.34. The van der Waals surface area contributed by atoms with E-state index in [-0.39, 0.29) is 11.2 Å². The van der Waals surface area contributed by atoms with Crippen molar-refractivity contribution < 1.29 is 9.13 Å². The van der Waals surface area contributed by atoms with E-state index in [1.54, 1.807) is 0 Å². The van der Waals surface area contributed by atoms with Gasteiger partial charge in [0, 0.05) is 50.0 Å². The second kappa shape index (κ2) is 10.3. The molecule has 2 atom stereocenters. The van der Waals surface area contributed by atoms with Crippen LogP contribution in [0.25, 0.3) is 0 Å².